The van der Waals surface area contributed by atoms with Crippen molar-refractivity contribution in [3.63, 3.8) is 0 Å². The molecule has 1 unspecified atom stereocenters. The molecule has 0 amide bonds. The van der Waals surface area contributed by atoms with Crippen molar-refractivity contribution in [2.45, 2.75) is 0 Å². The zero-order valence-electron chi connectivity index (χ0n) is 5.97. The normalized spacial score (nSPS) is 11.7. The number of diazo groups is 1. The summed E-state index contributed by atoms with van der Waals surface area (Å²) in [5.74, 6) is 0. The quantitative estimate of drug-likeness (QED) is 0.542. The Morgan fingerprint density at radius 2 is 2.00 bits per heavy atom. The summed E-state index contributed by atoms with van der Waals surface area (Å²) in [5.41, 5.74) is 0.882. The molecule has 1 aromatic carbocycles. The second-order valence-electron chi connectivity index (χ2n) is 2.00. The van der Waals surface area contributed by atoms with Gasteiger partial charge in [0, 0.05) is 17.8 Å². The fourth-order valence-electron chi connectivity index (χ4n) is 0.697. The van der Waals surface area contributed by atoms with E-state index >= 15 is 0 Å². The molecule has 62 valence electrons. The van der Waals surface area contributed by atoms with E-state index in [-0.39, 0.29) is 0 Å². The van der Waals surface area contributed by atoms with Crippen molar-refractivity contribution in [1.82, 2.24) is 0 Å². The molecule has 0 bridgehead atoms. The third-order valence-electron chi connectivity index (χ3n) is 1.19. The van der Waals surface area contributed by atoms with Crippen molar-refractivity contribution in [2.75, 3.05) is 4.72 Å². The molecule has 0 aliphatic heterocycles. The highest BCUT2D eigenvalue weighted by molar-refractivity contribution is 7.80. The average molecular weight is 184 g/mol. The first kappa shape index (κ1) is 8.64. The van der Waals surface area contributed by atoms with Crippen LogP contribution in [0.5, 0.6) is 0 Å². The molecule has 12 heavy (non-hydrogen) atoms. The van der Waals surface area contributed by atoms with Gasteiger partial charge in [-0.2, -0.15) is 0 Å². The molecule has 1 aromatic rings. The molecule has 5 nitrogen and oxygen atoms in total. The Hall–Kier alpha value is -1.45. The predicted molar refractivity (Wildman–Crippen MR) is 45.6 cm³/mol. The van der Waals surface area contributed by atoms with Crippen LogP contribution < -0.4 is 4.72 Å². The van der Waals surface area contributed by atoms with Gasteiger partial charge in [0.25, 0.3) is 11.3 Å². The van der Waals surface area contributed by atoms with Gasteiger partial charge in [-0.05, 0) is 12.1 Å². The van der Waals surface area contributed by atoms with Gasteiger partial charge < -0.3 is 0 Å². The molecule has 0 aliphatic rings. The number of anilines is 1. The standard InChI is InChI=1S/C6H5N3O2S/c7-8-5-1-3-6(4-2-5)9-12(10)11/h1-4,9H/p+1. The van der Waals surface area contributed by atoms with E-state index in [9.17, 15) is 4.21 Å². The largest absolute Gasteiger partial charge is 0.385 e. The van der Waals surface area contributed by atoms with E-state index in [2.05, 4.69) is 9.70 Å². The van der Waals surface area contributed by atoms with Crippen molar-refractivity contribution >= 4 is 22.6 Å². The van der Waals surface area contributed by atoms with Crippen molar-refractivity contribution in [2.24, 2.45) is 0 Å². The van der Waals surface area contributed by atoms with Crippen LogP contribution >= 0.6 is 0 Å². The number of hydrogen-bond donors (Lipinski definition) is 2. The zero-order valence-corrected chi connectivity index (χ0v) is 6.78. The van der Waals surface area contributed by atoms with E-state index in [1.54, 1.807) is 0 Å². The smallest absolute Gasteiger partial charge is 0.289 e. The summed E-state index contributed by atoms with van der Waals surface area (Å²) in [4.78, 5) is 2.92. The van der Waals surface area contributed by atoms with Gasteiger partial charge in [0.05, 0.1) is 0 Å². The maximum atomic E-state index is 10.3. The number of benzene rings is 1. The first-order valence-corrected chi connectivity index (χ1v) is 4.16. The molecule has 1 atom stereocenters. The molecular weight excluding hydrogens is 178 g/mol. The molecule has 2 N–H and O–H groups in total. The van der Waals surface area contributed by atoms with Gasteiger partial charge >= 0.3 is 5.69 Å². The Morgan fingerprint density at radius 3 is 2.42 bits per heavy atom. The molecule has 0 radical (unpaired) electrons. The molecular formula is C6H6N3O2S+. The Labute approximate surface area is 71.5 Å². The fraction of sp³-hybridized carbons (Fsp3) is 0. The van der Waals surface area contributed by atoms with Crippen molar-refractivity contribution in [1.29, 1.82) is 5.39 Å². The van der Waals surface area contributed by atoms with Gasteiger partial charge in [-0.15, -0.1) is 0 Å². The van der Waals surface area contributed by atoms with Crippen molar-refractivity contribution < 1.29 is 8.76 Å². The number of nitrogens with one attached hydrogen (secondary N) is 1. The third-order valence-corrected chi connectivity index (χ3v) is 1.60. The first-order chi connectivity index (χ1) is 5.72. The minimum absolute atomic E-state index is 0.393. The fourth-order valence-corrected chi connectivity index (χ4v) is 1.03. The van der Waals surface area contributed by atoms with Gasteiger partial charge in [-0.1, -0.05) is 0 Å². The Morgan fingerprint density at radius 1 is 1.42 bits per heavy atom. The maximum absolute atomic E-state index is 10.3. The summed E-state index contributed by atoms with van der Waals surface area (Å²) in [7, 11) is 0. The molecule has 0 saturated carbocycles. The average Bonchev–Trinajstić information content (AvgIpc) is 2.05. The monoisotopic (exact) mass is 184 g/mol. The Bertz CT molecular complexity index is 330. The predicted octanol–water partition coefficient (Wildman–Crippen LogP) is 1.72. The Kier molecular flexibility index (Phi) is 2.74. The molecule has 6 heteroatoms. The highest BCUT2D eigenvalue weighted by atomic mass is 32.2. The second-order valence-corrected chi connectivity index (χ2v) is 2.70. The topological polar surface area (TPSA) is 77.5 Å². The molecule has 0 aromatic heterocycles. The van der Waals surface area contributed by atoms with Crippen LogP contribution in [0.2, 0.25) is 0 Å². The van der Waals surface area contributed by atoms with Crippen LogP contribution in [0, 0.1) is 5.39 Å². The number of nitrogens with zero attached hydrogens (tertiary/aromatic N) is 2. The highest BCUT2D eigenvalue weighted by Crippen LogP contribution is 2.15. The molecule has 0 saturated heterocycles. The van der Waals surface area contributed by atoms with Crippen LogP contribution in [0.4, 0.5) is 11.4 Å². The van der Waals surface area contributed by atoms with E-state index in [0.29, 0.717) is 11.4 Å². The summed E-state index contributed by atoms with van der Waals surface area (Å²) in [6.45, 7) is 0. The van der Waals surface area contributed by atoms with Crippen LogP contribution in [-0.2, 0) is 11.3 Å². The summed E-state index contributed by atoms with van der Waals surface area (Å²) in [6.07, 6.45) is 0. The van der Waals surface area contributed by atoms with Crippen LogP contribution in [-0.4, -0.2) is 8.76 Å². The lowest BCUT2D eigenvalue weighted by molar-refractivity contribution is 0.570. The molecule has 0 aliphatic carbocycles. The summed E-state index contributed by atoms with van der Waals surface area (Å²) < 4.78 is 20.9. The lowest BCUT2D eigenvalue weighted by Crippen LogP contribution is -2.00. The second kappa shape index (κ2) is 3.80. The lowest BCUT2D eigenvalue weighted by atomic mass is 10.3. The molecule has 0 spiro atoms. The van der Waals surface area contributed by atoms with E-state index in [1.165, 1.54) is 24.3 Å². The van der Waals surface area contributed by atoms with Gasteiger partial charge in [-0.3, -0.25) is 9.27 Å². The molecule has 1 rings (SSSR count). The summed E-state index contributed by atoms with van der Waals surface area (Å²) in [5, 5.41) is 8.31. The van der Waals surface area contributed by atoms with Crippen LogP contribution in [0.25, 0.3) is 4.98 Å². The van der Waals surface area contributed by atoms with E-state index < -0.39 is 11.3 Å². The van der Waals surface area contributed by atoms with Gasteiger partial charge in [0.1, 0.15) is 0 Å². The first-order valence-electron chi connectivity index (χ1n) is 3.05. The van der Waals surface area contributed by atoms with Gasteiger partial charge in [0.15, 0.2) is 4.98 Å². The van der Waals surface area contributed by atoms with E-state index in [1.807, 2.05) is 0 Å². The minimum atomic E-state index is -2.07. The zero-order chi connectivity index (χ0) is 8.97. The number of rotatable bonds is 2. The summed E-state index contributed by atoms with van der Waals surface area (Å²) >= 11 is -2.07. The maximum Gasteiger partial charge on any atom is 0.385 e. The summed E-state index contributed by atoms with van der Waals surface area (Å²) in [6, 6.07) is 6.08. The Balaban J connectivity index is 2.80. The van der Waals surface area contributed by atoms with E-state index in [0.717, 1.165) is 0 Å². The van der Waals surface area contributed by atoms with E-state index in [4.69, 9.17) is 9.95 Å². The molecule has 0 heterocycles. The van der Waals surface area contributed by atoms with Crippen molar-refractivity contribution in [3.05, 3.63) is 29.2 Å². The van der Waals surface area contributed by atoms with Crippen LogP contribution in [0.15, 0.2) is 24.3 Å². The number of hydrogen-bond acceptors (Lipinski definition) is 2. The van der Waals surface area contributed by atoms with Crippen LogP contribution in [0.3, 0.4) is 0 Å². The highest BCUT2D eigenvalue weighted by Gasteiger charge is 2.02. The minimum Gasteiger partial charge on any atom is -0.289 e. The third kappa shape index (κ3) is 2.30. The van der Waals surface area contributed by atoms with Crippen LogP contribution in [0.1, 0.15) is 0 Å². The van der Waals surface area contributed by atoms with Gasteiger partial charge in [-0.25, -0.2) is 4.21 Å². The molecule has 0 fully saturated rings. The van der Waals surface area contributed by atoms with Crippen molar-refractivity contribution in [3.8, 4) is 0 Å². The SMILES string of the molecule is N#[N+]c1ccc(NS(=O)O)cc1. The van der Waals surface area contributed by atoms with Gasteiger partial charge in [0.2, 0.25) is 5.39 Å². The lowest BCUT2D eigenvalue weighted by Gasteiger charge is -1.96.